The molecule has 2 amide bonds. The molecular weight excluding hydrogens is 450 g/mol. The number of anilines is 3. The van der Waals surface area contributed by atoms with Crippen LogP contribution in [0.4, 0.5) is 22.0 Å². The summed E-state index contributed by atoms with van der Waals surface area (Å²) in [5.74, 6) is 1.08. The van der Waals surface area contributed by atoms with Crippen LogP contribution in [-0.4, -0.2) is 22.0 Å². The van der Waals surface area contributed by atoms with Gasteiger partial charge in [0.2, 0.25) is 0 Å². The van der Waals surface area contributed by atoms with Crippen molar-refractivity contribution in [3.05, 3.63) is 78.3 Å². The molecule has 2 aromatic carbocycles. The maximum atomic E-state index is 13.6. The summed E-state index contributed by atoms with van der Waals surface area (Å²) in [6, 6.07) is 18.3. The lowest BCUT2D eigenvalue weighted by Gasteiger charge is -2.29. The van der Waals surface area contributed by atoms with Crippen LogP contribution in [0.2, 0.25) is 5.02 Å². The van der Waals surface area contributed by atoms with Gasteiger partial charge in [-0.05, 0) is 49.2 Å². The van der Waals surface area contributed by atoms with Crippen molar-refractivity contribution in [2.24, 2.45) is 0 Å². The highest BCUT2D eigenvalue weighted by Crippen LogP contribution is 2.34. The van der Waals surface area contributed by atoms with E-state index in [9.17, 15) is 4.79 Å². The first-order valence-electron chi connectivity index (χ1n) is 11.2. The van der Waals surface area contributed by atoms with Gasteiger partial charge in [0, 0.05) is 27.9 Å². The molecule has 0 aliphatic heterocycles. The number of aromatic nitrogens is 2. The first-order chi connectivity index (χ1) is 16.6. The molecule has 1 aliphatic carbocycles. The van der Waals surface area contributed by atoms with Crippen molar-refractivity contribution < 1.29 is 9.21 Å². The maximum absolute atomic E-state index is 13.6. The van der Waals surface area contributed by atoms with Crippen LogP contribution in [-0.2, 0) is 0 Å². The second-order valence-electron chi connectivity index (χ2n) is 8.30. The zero-order valence-electron chi connectivity index (χ0n) is 18.4. The highest BCUT2D eigenvalue weighted by atomic mass is 35.5. The molecule has 0 saturated heterocycles. The Morgan fingerprint density at radius 2 is 1.85 bits per heavy atom. The standard InChI is InChI=1S/C26H24ClN5O2/c27-19-7-3-5-17(13-19)23-12-11-22(28)25(31-23)32(21-9-1-2-10-21)26(33)30-20-8-4-6-18(14-20)24-15-29-16-34-24/h3-8,11-16,21H,1-2,9-10,28H2,(H,30,33). The molecule has 7 nitrogen and oxygen atoms in total. The van der Waals surface area contributed by atoms with Gasteiger partial charge in [-0.15, -0.1) is 0 Å². The number of halogens is 1. The van der Waals surface area contributed by atoms with Gasteiger partial charge in [-0.1, -0.05) is 48.7 Å². The molecule has 0 unspecified atom stereocenters. The van der Waals surface area contributed by atoms with Crippen LogP contribution >= 0.6 is 11.6 Å². The van der Waals surface area contributed by atoms with E-state index >= 15 is 0 Å². The van der Waals surface area contributed by atoms with E-state index in [1.54, 1.807) is 17.2 Å². The number of urea groups is 1. The molecule has 8 heteroatoms. The van der Waals surface area contributed by atoms with Crippen LogP contribution in [0.5, 0.6) is 0 Å². The number of nitrogens with two attached hydrogens (primary N) is 1. The molecule has 0 radical (unpaired) electrons. The molecule has 34 heavy (non-hydrogen) atoms. The third kappa shape index (κ3) is 4.61. The van der Waals surface area contributed by atoms with E-state index in [1.807, 2.05) is 54.6 Å². The van der Waals surface area contributed by atoms with E-state index in [2.05, 4.69) is 10.3 Å². The van der Waals surface area contributed by atoms with Crippen LogP contribution < -0.4 is 16.0 Å². The highest BCUT2D eigenvalue weighted by Gasteiger charge is 2.31. The maximum Gasteiger partial charge on any atom is 0.327 e. The number of carbonyl (C=O) groups is 1. The third-order valence-electron chi connectivity index (χ3n) is 5.99. The third-order valence-corrected chi connectivity index (χ3v) is 6.23. The van der Waals surface area contributed by atoms with Gasteiger partial charge in [0.15, 0.2) is 18.0 Å². The molecule has 172 valence electrons. The summed E-state index contributed by atoms with van der Waals surface area (Å²) < 4.78 is 5.39. The van der Waals surface area contributed by atoms with Crippen molar-refractivity contribution in [1.82, 2.24) is 9.97 Å². The summed E-state index contributed by atoms with van der Waals surface area (Å²) in [5.41, 5.74) is 9.84. The van der Waals surface area contributed by atoms with Crippen molar-refractivity contribution in [1.29, 1.82) is 0 Å². The predicted molar refractivity (Wildman–Crippen MR) is 135 cm³/mol. The molecule has 1 aliphatic rings. The van der Waals surface area contributed by atoms with Crippen LogP contribution in [0.15, 0.2) is 77.7 Å². The lowest BCUT2D eigenvalue weighted by atomic mass is 10.1. The van der Waals surface area contributed by atoms with Crippen molar-refractivity contribution in [2.45, 2.75) is 31.7 Å². The molecular formula is C26H24ClN5O2. The average Bonchev–Trinajstić information content (AvgIpc) is 3.56. The predicted octanol–water partition coefficient (Wildman–Crippen LogP) is 6.62. The highest BCUT2D eigenvalue weighted by molar-refractivity contribution is 6.30. The second kappa shape index (κ2) is 9.57. The smallest absolute Gasteiger partial charge is 0.327 e. The lowest BCUT2D eigenvalue weighted by molar-refractivity contribution is 0.254. The van der Waals surface area contributed by atoms with Crippen LogP contribution in [0.1, 0.15) is 25.7 Å². The number of hydrogen-bond donors (Lipinski definition) is 2. The Kier molecular flexibility index (Phi) is 6.18. The molecule has 2 aromatic heterocycles. The molecule has 0 bridgehead atoms. The quantitative estimate of drug-likeness (QED) is 0.339. The monoisotopic (exact) mass is 473 g/mol. The molecule has 5 rings (SSSR count). The number of amides is 2. The van der Waals surface area contributed by atoms with Crippen molar-refractivity contribution in [2.75, 3.05) is 16.0 Å². The van der Waals surface area contributed by atoms with Gasteiger partial charge in [0.25, 0.3) is 0 Å². The van der Waals surface area contributed by atoms with Crippen molar-refractivity contribution >= 4 is 34.8 Å². The van der Waals surface area contributed by atoms with Crippen LogP contribution in [0.25, 0.3) is 22.6 Å². The van der Waals surface area contributed by atoms with E-state index in [-0.39, 0.29) is 12.1 Å². The van der Waals surface area contributed by atoms with E-state index < -0.39 is 0 Å². The summed E-state index contributed by atoms with van der Waals surface area (Å²) in [4.78, 5) is 24.1. The number of nitrogens with one attached hydrogen (secondary N) is 1. The molecule has 2 heterocycles. The van der Waals surface area contributed by atoms with Gasteiger partial charge < -0.3 is 15.5 Å². The summed E-state index contributed by atoms with van der Waals surface area (Å²) in [5, 5.41) is 3.64. The van der Waals surface area contributed by atoms with E-state index in [1.165, 1.54) is 6.39 Å². The zero-order valence-corrected chi connectivity index (χ0v) is 19.2. The SMILES string of the molecule is Nc1ccc(-c2cccc(Cl)c2)nc1N(C(=O)Nc1cccc(-c2cnco2)c1)C1CCCC1. The number of nitrogen functional groups attached to an aromatic ring is 1. The second-order valence-corrected chi connectivity index (χ2v) is 8.74. The minimum absolute atomic E-state index is 0.0156. The number of benzene rings is 2. The topological polar surface area (TPSA) is 97.3 Å². The summed E-state index contributed by atoms with van der Waals surface area (Å²) in [7, 11) is 0. The molecule has 1 saturated carbocycles. The number of nitrogens with zero attached hydrogens (tertiary/aromatic N) is 3. The number of carbonyl (C=O) groups excluding carboxylic acids is 1. The number of pyridine rings is 1. The Hall–Kier alpha value is -3.84. The van der Waals surface area contributed by atoms with Gasteiger partial charge in [-0.25, -0.2) is 14.8 Å². The summed E-state index contributed by atoms with van der Waals surface area (Å²) >= 11 is 6.18. The Morgan fingerprint density at radius 3 is 2.62 bits per heavy atom. The minimum Gasteiger partial charge on any atom is -0.444 e. The van der Waals surface area contributed by atoms with E-state index in [0.717, 1.165) is 36.8 Å². The van der Waals surface area contributed by atoms with Gasteiger partial charge in [0.1, 0.15) is 0 Å². The van der Waals surface area contributed by atoms with Gasteiger partial charge in [-0.2, -0.15) is 0 Å². The van der Waals surface area contributed by atoms with Crippen LogP contribution in [0, 0.1) is 0 Å². The largest absolute Gasteiger partial charge is 0.444 e. The number of rotatable bonds is 5. The average molecular weight is 474 g/mol. The first-order valence-corrected chi connectivity index (χ1v) is 11.6. The van der Waals surface area contributed by atoms with E-state index in [0.29, 0.717) is 33.7 Å². The number of hydrogen-bond acceptors (Lipinski definition) is 5. The Morgan fingerprint density at radius 1 is 1.06 bits per heavy atom. The van der Waals surface area contributed by atoms with Crippen molar-refractivity contribution in [3.8, 4) is 22.6 Å². The minimum atomic E-state index is -0.274. The number of oxazole rings is 1. The Balaban J connectivity index is 1.48. The normalized spacial score (nSPS) is 13.7. The lowest BCUT2D eigenvalue weighted by Crippen LogP contribution is -2.43. The van der Waals surface area contributed by atoms with Gasteiger partial charge >= 0.3 is 6.03 Å². The molecule has 3 N–H and O–H groups in total. The molecule has 0 atom stereocenters. The van der Waals surface area contributed by atoms with Crippen molar-refractivity contribution in [3.63, 3.8) is 0 Å². The fourth-order valence-corrected chi connectivity index (χ4v) is 4.54. The Labute approximate surface area is 202 Å². The Bertz CT molecular complexity index is 1300. The molecule has 4 aromatic rings. The fraction of sp³-hybridized carbons (Fsp3) is 0.192. The summed E-state index contributed by atoms with van der Waals surface area (Å²) in [6.07, 6.45) is 6.93. The van der Waals surface area contributed by atoms with Gasteiger partial charge in [0.05, 0.1) is 17.6 Å². The molecule has 0 spiro atoms. The first kappa shape index (κ1) is 22.0. The fourth-order valence-electron chi connectivity index (χ4n) is 4.35. The molecule has 1 fully saturated rings. The zero-order chi connectivity index (χ0) is 23.5. The van der Waals surface area contributed by atoms with E-state index in [4.69, 9.17) is 26.7 Å². The summed E-state index contributed by atoms with van der Waals surface area (Å²) in [6.45, 7) is 0. The van der Waals surface area contributed by atoms with Crippen LogP contribution in [0.3, 0.4) is 0 Å². The van der Waals surface area contributed by atoms with Gasteiger partial charge in [-0.3, -0.25) is 4.90 Å².